The summed E-state index contributed by atoms with van der Waals surface area (Å²) in [5.41, 5.74) is 3.06. The number of para-hydroxylation sites is 1. The number of aliphatic imine (C=N–C) groups is 1. The van der Waals surface area contributed by atoms with Crippen LogP contribution in [-0.2, 0) is 5.41 Å². The summed E-state index contributed by atoms with van der Waals surface area (Å²) in [6.07, 6.45) is 0.552. The van der Waals surface area contributed by atoms with E-state index in [0.29, 0.717) is 28.4 Å². The van der Waals surface area contributed by atoms with Crippen LogP contribution in [0.2, 0.25) is 5.02 Å². The van der Waals surface area contributed by atoms with E-state index >= 15 is 0 Å². The molecule has 3 rings (SSSR count). The fourth-order valence-corrected chi connectivity index (χ4v) is 3.39. The number of phenols is 2. The lowest BCUT2D eigenvalue weighted by atomic mass is 9.70. The molecule has 0 aromatic heterocycles. The highest BCUT2D eigenvalue weighted by atomic mass is 35.5. The fraction of sp³-hybridized carbons (Fsp3) is 0.211. The third-order valence-corrected chi connectivity index (χ3v) is 4.90. The van der Waals surface area contributed by atoms with Crippen molar-refractivity contribution >= 4 is 23.0 Å². The first-order valence-electron chi connectivity index (χ1n) is 7.38. The predicted octanol–water partition coefficient (Wildman–Crippen LogP) is 5.11. The van der Waals surface area contributed by atoms with E-state index in [2.05, 4.69) is 11.6 Å². The number of aromatic hydroxyl groups is 2. The van der Waals surface area contributed by atoms with Crippen molar-refractivity contribution in [1.29, 1.82) is 0 Å². The molecule has 1 aliphatic rings. The smallest absolute Gasteiger partial charge is 0.141 e. The van der Waals surface area contributed by atoms with Gasteiger partial charge in [0.15, 0.2) is 0 Å². The number of allylic oxidation sites excluding steroid dienone is 1. The quantitative estimate of drug-likeness (QED) is 0.753. The highest BCUT2D eigenvalue weighted by Crippen LogP contribution is 2.51. The maximum Gasteiger partial charge on any atom is 0.141 e. The van der Waals surface area contributed by atoms with Crippen molar-refractivity contribution in [2.75, 3.05) is 0 Å². The van der Waals surface area contributed by atoms with Crippen LogP contribution in [-0.4, -0.2) is 15.9 Å². The van der Waals surface area contributed by atoms with Gasteiger partial charge < -0.3 is 10.2 Å². The second kappa shape index (κ2) is 5.43. The van der Waals surface area contributed by atoms with E-state index in [4.69, 9.17) is 11.6 Å². The molecular weight excluding hydrogens is 310 g/mol. The summed E-state index contributed by atoms with van der Waals surface area (Å²) in [6.45, 7) is 8.09. The van der Waals surface area contributed by atoms with Gasteiger partial charge in [-0.15, -0.1) is 0 Å². The van der Waals surface area contributed by atoms with E-state index in [-0.39, 0.29) is 11.5 Å². The van der Waals surface area contributed by atoms with Crippen molar-refractivity contribution in [3.63, 3.8) is 0 Å². The lowest BCUT2D eigenvalue weighted by Gasteiger charge is -2.37. The van der Waals surface area contributed by atoms with Crippen LogP contribution < -0.4 is 0 Å². The second-order valence-corrected chi connectivity index (χ2v) is 6.56. The van der Waals surface area contributed by atoms with Gasteiger partial charge in [-0.25, -0.2) is 4.99 Å². The number of hydrogen-bond acceptors (Lipinski definition) is 3. The SMILES string of the molecule is C=C(C)[C@@]1(C)CC(c2ccccc2O)=Nc2c(O)ccc(Cl)c21. The molecule has 0 bridgehead atoms. The van der Waals surface area contributed by atoms with Crippen LogP contribution >= 0.6 is 11.6 Å². The number of halogens is 1. The number of phenolic OH excluding ortho intramolecular Hbond substituents is 2. The maximum atomic E-state index is 10.3. The van der Waals surface area contributed by atoms with Gasteiger partial charge >= 0.3 is 0 Å². The average Bonchev–Trinajstić information content (AvgIpc) is 2.51. The molecule has 0 amide bonds. The fourth-order valence-electron chi connectivity index (χ4n) is 3.03. The van der Waals surface area contributed by atoms with Crippen molar-refractivity contribution in [2.45, 2.75) is 25.7 Å². The lowest BCUT2D eigenvalue weighted by molar-refractivity contribution is 0.468. The largest absolute Gasteiger partial charge is 0.507 e. The monoisotopic (exact) mass is 327 g/mol. The van der Waals surface area contributed by atoms with E-state index in [1.807, 2.05) is 26.0 Å². The minimum absolute atomic E-state index is 0.0736. The molecule has 2 aromatic rings. The van der Waals surface area contributed by atoms with Gasteiger partial charge in [-0.1, -0.05) is 42.8 Å². The normalized spacial score (nSPS) is 19.9. The Labute approximate surface area is 140 Å². The minimum atomic E-state index is -0.468. The van der Waals surface area contributed by atoms with Crippen LogP contribution in [0.1, 0.15) is 31.4 Å². The molecule has 118 valence electrons. The summed E-state index contributed by atoms with van der Waals surface area (Å²) in [7, 11) is 0. The number of nitrogens with zero attached hydrogens (tertiary/aromatic N) is 1. The van der Waals surface area contributed by atoms with Crippen molar-refractivity contribution in [3.8, 4) is 11.5 Å². The van der Waals surface area contributed by atoms with Crippen LogP contribution in [0.4, 0.5) is 5.69 Å². The molecule has 3 nitrogen and oxygen atoms in total. The van der Waals surface area contributed by atoms with Gasteiger partial charge in [0, 0.05) is 28.0 Å². The average molecular weight is 328 g/mol. The number of benzene rings is 2. The first-order chi connectivity index (χ1) is 10.8. The Kier molecular flexibility index (Phi) is 3.69. The molecule has 0 spiro atoms. The highest BCUT2D eigenvalue weighted by Gasteiger charge is 2.38. The van der Waals surface area contributed by atoms with E-state index in [9.17, 15) is 10.2 Å². The molecule has 0 saturated carbocycles. The van der Waals surface area contributed by atoms with E-state index in [1.165, 1.54) is 6.07 Å². The third-order valence-electron chi connectivity index (χ3n) is 4.58. The topological polar surface area (TPSA) is 52.8 Å². The van der Waals surface area contributed by atoms with Crippen molar-refractivity contribution in [3.05, 3.63) is 64.7 Å². The molecule has 0 fully saturated rings. The first kappa shape index (κ1) is 15.6. The van der Waals surface area contributed by atoms with Crippen molar-refractivity contribution in [1.82, 2.24) is 0 Å². The first-order valence-corrected chi connectivity index (χ1v) is 7.76. The van der Waals surface area contributed by atoms with E-state index in [1.54, 1.807) is 18.2 Å². The number of fused-ring (bicyclic) bond motifs is 1. The van der Waals surface area contributed by atoms with Gasteiger partial charge in [-0.3, -0.25) is 0 Å². The van der Waals surface area contributed by atoms with Crippen molar-refractivity contribution < 1.29 is 10.2 Å². The van der Waals surface area contributed by atoms with Crippen LogP contribution in [0.15, 0.2) is 53.5 Å². The van der Waals surface area contributed by atoms with E-state index < -0.39 is 5.41 Å². The Bertz CT molecular complexity index is 841. The van der Waals surface area contributed by atoms with Gasteiger partial charge in [0.1, 0.15) is 17.2 Å². The number of hydrogen-bond donors (Lipinski definition) is 2. The Hall–Kier alpha value is -2.26. The summed E-state index contributed by atoms with van der Waals surface area (Å²) < 4.78 is 0. The van der Waals surface area contributed by atoms with Crippen LogP contribution in [0.5, 0.6) is 11.5 Å². The highest BCUT2D eigenvalue weighted by molar-refractivity contribution is 6.32. The Morgan fingerprint density at radius 2 is 1.87 bits per heavy atom. The second-order valence-electron chi connectivity index (χ2n) is 6.15. The molecule has 1 aliphatic heterocycles. The number of rotatable bonds is 2. The Balaban J connectivity index is 2.31. The van der Waals surface area contributed by atoms with Gasteiger partial charge in [0.05, 0.1) is 5.71 Å². The Morgan fingerprint density at radius 1 is 1.17 bits per heavy atom. The molecule has 0 aliphatic carbocycles. The molecule has 2 aromatic carbocycles. The predicted molar refractivity (Wildman–Crippen MR) is 94.2 cm³/mol. The standard InChI is InChI=1S/C19H18ClNO2/c1-11(2)19(3)10-14(12-6-4-5-7-15(12)22)21-18-16(23)9-8-13(20)17(18)19/h4-9,22-23H,1,10H2,2-3H3/t19-/m1/s1. The summed E-state index contributed by atoms with van der Waals surface area (Å²) in [5.74, 6) is 0.241. The minimum Gasteiger partial charge on any atom is -0.507 e. The third kappa shape index (κ3) is 2.41. The molecule has 4 heteroatoms. The Morgan fingerprint density at radius 3 is 2.52 bits per heavy atom. The van der Waals surface area contributed by atoms with E-state index in [0.717, 1.165) is 11.1 Å². The van der Waals surface area contributed by atoms with Gasteiger partial charge in [0.25, 0.3) is 0 Å². The summed E-state index contributed by atoms with van der Waals surface area (Å²) in [6, 6.07) is 10.3. The summed E-state index contributed by atoms with van der Waals surface area (Å²) in [4.78, 5) is 4.60. The molecule has 0 radical (unpaired) electrons. The summed E-state index contributed by atoms with van der Waals surface area (Å²) in [5, 5.41) is 21.0. The zero-order valence-corrected chi connectivity index (χ0v) is 13.9. The molecule has 0 saturated heterocycles. The maximum absolute atomic E-state index is 10.3. The van der Waals surface area contributed by atoms with Crippen LogP contribution in [0.3, 0.4) is 0 Å². The molecule has 1 heterocycles. The molecule has 2 N–H and O–H groups in total. The molecule has 1 atom stereocenters. The van der Waals surface area contributed by atoms with Gasteiger partial charge in [0.2, 0.25) is 0 Å². The van der Waals surface area contributed by atoms with Crippen molar-refractivity contribution in [2.24, 2.45) is 4.99 Å². The molecule has 0 unspecified atom stereocenters. The zero-order valence-electron chi connectivity index (χ0n) is 13.1. The zero-order chi connectivity index (χ0) is 16.8. The van der Waals surface area contributed by atoms with Crippen LogP contribution in [0.25, 0.3) is 0 Å². The van der Waals surface area contributed by atoms with Crippen LogP contribution in [0, 0.1) is 0 Å². The molecular formula is C19H18ClNO2. The molecule has 23 heavy (non-hydrogen) atoms. The van der Waals surface area contributed by atoms with Gasteiger partial charge in [-0.2, -0.15) is 0 Å². The summed E-state index contributed by atoms with van der Waals surface area (Å²) >= 11 is 6.40. The lowest BCUT2D eigenvalue weighted by Crippen LogP contribution is -2.30. The van der Waals surface area contributed by atoms with Gasteiger partial charge in [-0.05, 0) is 31.2 Å².